The first-order valence-corrected chi connectivity index (χ1v) is 14.6. The molecule has 1 aliphatic carbocycles. The molecule has 2 amide bonds. The molecule has 9 nitrogen and oxygen atoms in total. The maximum atomic E-state index is 13.0. The van der Waals surface area contributed by atoms with Crippen molar-refractivity contribution in [3.8, 4) is 11.1 Å². The molecule has 196 valence electrons. The molecule has 0 radical (unpaired) electrons. The standard InChI is InChI=1S/C26H30N4O5S2/c1-5-18(28-19-10-11-19)15-27-24(31)23(37(4,33)34)25-29-21-12-9-17(14-22(21)36-25)16-7-6-8-20(13-16)30(2)26(32)35-3/h5-9,12-14,19,23,28H,10-11,15H2,1-4H3,(H,27,31). The topological polar surface area (TPSA) is 118 Å². The third kappa shape index (κ3) is 6.28. The Kier molecular flexibility index (Phi) is 7.84. The fourth-order valence-corrected chi connectivity index (χ4v) is 6.41. The molecule has 4 rings (SSSR count). The molecule has 1 atom stereocenters. The molecule has 1 unspecified atom stereocenters. The molecule has 2 aromatic carbocycles. The lowest BCUT2D eigenvalue weighted by molar-refractivity contribution is -0.120. The van der Waals surface area contributed by atoms with Gasteiger partial charge in [0.05, 0.1) is 23.9 Å². The summed E-state index contributed by atoms with van der Waals surface area (Å²) in [5.74, 6) is -0.600. The van der Waals surface area contributed by atoms with Crippen LogP contribution >= 0.6 is 11.3 Å². The minimum atomic E-state index is -3.77. The van der Waals surface area contributed by atoms with Crippen LogP contribution in [0, 0.1) is 0 Å². The molecule has 0 spiro atoms. The first kappa shape index (κ1) is 26.6. The Morgan fingerprint density at radius 2 is 1.95 bits per heavy atom. The number of allylic oxidation sites excluding steroid dienone is 1. The largest absolute Gasteiger partial charge is 0.452 e. The van der Waals surface area contributed by atoms with E-state index >= 15 is 0 Å². The van der Waals surface area contributed by atoms with Crippen LogP contribution in [0.25, 0.3) is 21.3 Å². The van der Waals surface area contributed by atoms with Gasteiger partial charge in [-0.3, -0.25) is 9.69 Å². The molecule has 0 bridgehead atoms. The summed E-state index contributed by atoms with van der Waals surface area (Å²) in [7, 11) is -0.819. The average molecular weight is 543 g/mol. The Morgan fingerprint density at radius 3 is 2.59 bits per heavy atom. The van der Waals surface area contributed by atoms with Crippen LogP contribution in [0.3, 0.4) is 0 Å². The van der Waals surface area contributed by atoms with Crippen LogP contribution in [-0.2, 0) is 19.4 Å². The first-order valence-electron chi connectivity index (χ1n) is 11.8. The number of nitrogens with one attached hydrogen (secondary N) is 2. The summed E-state index contributed by atoms with van der Waals surface area (Å²) in [6.07, 6.45) is 4.64. The van der Waals surface area contributed by atoms with E-state index in [1.807, 2.05) is 43.3 Å². The number of fused-ring (bicyclic) bond motifs is 1. The molecule has 1 fully saturated rings. The second kappa shape index (κ2) is 10.9. The van der Waals surface area contributed by atoms with Crippen molar-refractivity contribution in [2.75, 3.05) is 31.9 Å². The van der Waals surface area contributed by atoms with Crippen molar-refractivity contribution in [3.05, 3.63) is 59.2 Å². The highest BCUT2D eigenvalue weighted by Gasteiger charge is 2.34. The molecule has 1 aromatic heterocycles. The number of nitrogens with zero attached hydrogens (tertiary/aromatic N) is 2. The highest BCUT2D eigenvalue weighted by Crippen LogP contribution is 2.34. The minimum Gasteiger partial charge on any atom is -0.452 e. The predicted octanol–water partition coefficient (Wildman–Crippen LogP) is 4.02. The molecule has 1 aliphatic rings. The molecule has 11 heteroatoms. The van der Waals surface area contributed by atoms with Gasteiger partial charge in [-0.15, -0.1) is 11.3 Å². The molecule has 37 heavy (non-hydrogen) atoms. The summed E-state index contributed by atoms with van der Waals surface area (Å²) < 4.78 is 30.9. The number of aromatic nitrogens is 1. The summed E-state index contributed by atoms with van der Waals surface area (Å²) in [6, 6.07) is 13.4. The smallest absolute Gasteiger partial charge is 0.413 e. The van der Waals surface area contributed by atoms with E-state index in [4.69, 9.17) is 4.74 Å². The van der Waals surface area contributed by atoms with E-state index in [9.17, 15) is 18.0 Å². The second-order valence-corrected chi connectivity index (χ2v) is 12.2. The average Bonchev–Trinajstić information content (AvgIpc) is 3.60. The predicted molar refractivity (Wildman–Crippen MR) is 146 cm³/mol. The second-order valence-electron chi connectivity index (χ2n) is 8.97. The molecule has 0 aliphatic heterocycles. The zero-order valence-corrected chi connectivity index (χ0v) is 22.8. The Bertz CT molecular complexity index is 1460. The normalized spacial score (nSPS) is 14.8. The van der Waals surface area contributed by atoms with E-state index in [0.717, 1.165) is 40.6 Å². The van der Waals surface area contributed by atoms with E-state index in [0.29, 0.717) is 17.2 Å². The van der Waals surface area contributed by atoms with E-state index in [-0.39, 0.29) is 11.6 Å². The fraction of sp³-hybridized carbons (Fsp3) is 0.346. The van der Waals surface area contributed by atoms with Crippen molar-refractivity contribution in [3.63, 3.8) is 0 Å². The number of carbonyl (C=O) groups is 2. The van der Waals surface area contributed by atoms with Gasteiger partial charge < -0.3 is 15.4 Å². The van der Waals surface area contributed by atoms with Crippen LogP contribution in [0.4, 0.5) is 10.5 Å². The van der Waals surface area contributed by atoms with Gasteiger partial charge in [0.1, 0.15) is 5.01 Å². The highest BCUT2D eigenvalue weighted by atomic mass is 32.2. The van der Waals surface area contributed by atoms with Crippen LogP contribution in [0.1, 0.15) is 30.0 Å². The maximum Gasteiger partial charge on any atom is 0.413 e. The summed E-state index contributed by atoms with van der Waals surface area (Å²) in [6.45, 7) is 2.10. The van der Waals surface area contributed by atoms with Gasteiger partial charge in [-0.1, -0.05) is 24.3 Å². The number of hydrogen-bond donors (Lipinski definition) is 2. The number of thiazole rings is 1. The molecule has 1 saturated carbocycles. The summed E-state index contributed by atoms with van der Waals surface area (Å²) in [4.78, 5) is 30.8. The van der Waals surface area contributed by atoms with Gasteiger partial charge >= 0.3 is 6.09 Å². The van der Waals surface area contributed by atoms with Crippen molar-refractivity contribution >= 4 is 49.1 Å². The molecule has 3 aromatic rings. The quantitative estimate of drug-likeness (QED) is 0.419. The van der Waals surface area contributed by atoms with Crippen molar-refractivity contribution in [2.24, 2.45) is 0 Å². The van der Waals surface area contributed by atoms with Crippen LogP contribution < -0.4 is 15.5 Å². The fourth-order valence-electron chi connectivity index (χ4n) is 3.86. The minimum absolute atomic E-state index is 0.225. The third-order valence-corrected chi connectivity index (χ3v) is 8.61. The zero-order chi connectivity index (χ0) is 26.7. The molecular weight excluding hydrogens is 512 g/mol. The number of methoxy groups -OCH3 is 1. The van der Waals surface area contributed by atoms with Gasteiger partial charge in [0, 0.05) is 30.7 Å². The van der Waals surface area contributed by atoms with Gasteiger partial charge in [0.25, 0.3) is 0 Å². The van der Waals surface area contributed by atoms with Crippen molar-refractivity contribution in [1.29, 1.82) is 0 Å². The van der Waals surface area contributed by atoms with Crippen molar-refractivity contribution in [2.45, 2.75) is 31.1 Å². The maximum absolute atomic E-state index is 13.0. The Labute approximate surface area is 220 Å². The van der Waals surface area contributed by atoms with Gasteiger partial charge in [-0.25, -0.2) is 18.2 Å². The lowest BCUT2D eigenvalue weighted by Crippen LogP contribution is -2.36. The highest BCUT2D eigenvalue weighted by molar-refractivity contribution is 7.91. The van der Waals surface area contributed by atoms with Crippen molar-refractivity contribution < 1.29 is 22.7 Å². The Morgan fingerprint density at radius 1 is 1.22 bits per heavy atom. The molecule has 1 heterocycles. The van der Waals surface area contributed by atoms with Crippen LogP contribution in [0.5, 0.6) is 0 Å². The van der Waals surface area contributed by atoms with Gasteiger partial charge in [0.15, 0.2) is 15.1 Å². The molecule has 0 saturated heterocycles. The first-order chi connectivity index (χ1) is 17.6. The van der Waals surface area contributed by atoms with Crippen LogP contribution in [0.2, 0.25) is 0 Å². The lowest BCUT2D eigenvalue weighted by atomic mass is 10.0. The van der Waals surface area contributed by atoms with E-state index < -0.39 is 27.1 Å². The SMILES string of the molecule is CC=C(CNC(=O)C(c1nc2ccc(-c3cccc(N(C)C(=O)OC)c3)cc2s1)S(C)(=O)=O)NC1CC1. The van der Waals surface area contributed by atoms with Crippen molar-refractivity contribution in [1.82, 2.24) is 15.6 Å². The number of amides is 2. The molecular formula is C26H30N4O5S2. The zero-order valence-electron chi connectivity index (χ0n) is 21.1. The van der Waals surface area contributed by atoms with Crippen LogP contribution in [-0.4, -0.2) is 58.4 Å². The van der Waals surface area contributed by atoms with E-state index in [1.54, 1.807) is 19.2 Å². The number of hydrogen-bond acceptors (Lipinski definition) is 8. The van der Waals surface area contributed by atoms with Gasteiger partial charge in [-0.2, -0.15) is 0 Å². The summed E-state index contributed by atoms with van der Waals surface area (Å²) in [5, 5.41) is 4.92. The van der Waals surface area contributed by atoms with E-state index in [1.165, 1.54) is 23.3 Å². The lowest BCUT2D eigenvalue weighted by Gasteiger charge is -2.16. The Balaban J connectivity index is 1.59. The van der Waals surface area contributed by atoms with Gasteiger partial charge in [-0.05, 0) is 55.2 Å². The number of sulfone groups is 1. The summed E-state index contributed by atoms with van der Waals surface area (Å²) >= 11 is 1.18. The molecule has 2 N–H and O–H groups in total. The summed E-state index contributed by atoms with van der Waals surface area (Å²) in [5.41, 5.74) is 3.87. The number of rotatable bonds is 9. The number of carbonyl (C=O) groups excluding carboxylic acids is 2. The van der Waals surface area contributed by atoms with E-state index in [2.05, 4.69) is 15.6 Å². The van der Waals surface area contributed by atoms with Crippen LogP contribution in [0.15, 0.2) is 54.2 Å². The third-order valence-electron chi connectivity index (χ3n) is 6.08. The monoisotopic (exact) mass is 542 g/mol. The number of ether oxygens (including phenoxy) is 1. The number of benzene rings is 2. The Hall–Kier alpha value is -3.44. The number of anilines is 1. The van der Waals surface area contributed by atoms with Gasteiger partial charge in [0.2, 0.25) is 5.91 Å².